The van der Waals surface area contributed by atoms with E-state index in [4.69, 9.17) is 5.84 Å². The number of anilines is 1. The minimum absolute atomic E-state index is 0.312. The molecule has 0 radical (unpaired) electrons. The molecule has 0 bridgehead atoms. The number of hydrogen-bond acceptors (Lipinski definition) is 4. The summed E-state index contributed by atoms with van der Waals surface area (Å²) in [5.74, 6) is 5.70. The van der Waals surface area contributed by atoms with E-state index in [9.17, 15) is 9.59 Å². The highest BCUT2D eigenvalue weighted by molar-refractivity contribution is 5.32. The summed E-state index contributed by atoms with van der Waals surface area (Å²) >= 11 is 0. The van der Waals surface area contributed by atoms with Crippen LogP contribution in [-0.4, -0.2) is 16.6 Å². The summed E-state index contributed by atoms with van der Waals surface area (Å²) in [4.78, 5) is 25.3. The van der Waals surface area contributed by atoms with Gasteiger partial charge in [0.1, 0.15) is 5.82 Å². The van der Waals surface area contributed by atoms with Crippen LogP contribution in [0.2, 0.25) is 0 Å². The first-order valence-corrected chi connectivity index (χ1v) is 4.39. The molecule has 6 nitrogen and oxygen atoms in total. The fourth-order valence-electron chi connectivity index (χ4n) is 1.13. The normalized spacial score (nSPS) is 10.2. The molecule has 0 aliphatic heterocycles. The van der Waals surface area contributed by atoms with Gasteiger partial charge in [-0.2, -0.15) is 0 Å². The van der Waals surface area contributed by atoms with Crippen LogP contribution >= 0.6 is 0 Å². The highest BCUT2D eigenvalue weighted by Crippen LogP contribution is 1.95. The van der Waals surface area contributed by atoms with E-state index in [1.165, 1.54) is 11.1 Å². The highest BCUT2D eigenvalue weighted by atomic mass is 16.2. The Bertz CT molecular complexity index is 387. The van der Waals surface area contributed by atoms with E-state index < -0.39 is 5.69 Å². The summed E-state index contributed by atoms with van der Waals surface area (Å²) in [7, 11) is 1.55. The molecule has 0 atom stereocenters. The van der Waals surface area contributed by atoms with E-state index in [1.807, 2.05) is 6.92 Å². The van der Waals surface area contributed by atoms with Crippen LogP contribution in [0, 0.1) is 0 Å². The van der Waals surface area contributed by atoms with E-state index in [2.05, 4.69) is 4.98 Å². The fraction of sp³-hybridized carbons (Fsp3) is 0.500. The van der Waals surface area contributed by atoms with E-state index in [0.29, 0.717) is 12.4 Å². The first-order chi connectivity index (χ1) is 6.56. The minimum Gasteiger partial charge on any atom is -0.299 e. The first-order valence-electron chi connectivity index (χ1n) is 4.39. The van der Waals surface area contributed by atoms with Crippen molar-refractivity contribution in [2.24, 2.45) is 5.84 Å². The van der Waals surface area contributed by atoms with E-state index in [0.717, 1.165) is 11.0 Å². The zero-order valence-corrected chi connectivity index (χ0v) is 8.28. The number of nitrogens with one attached hydrogen (secondary N) is 1. The second-order valence-corrected chi connectivity index (χ2v) is 3.06. The highest BCUT2D eigenvalue weighted by Gasteiger charge is 2.04. The SMILES string of the molecule is CCCn1c(=O)cc(N(C)N)[nH]c1=O. The van der Waals surface area contributed by atoms with Crippen molar-refractivity contribution < 1.29 is 0 Å². The van der Waals surface area contributed by atoms with Crippen LogP contribution in [0.15, 0.2) is 15.7 Å². The third kappa shape index (κ3) is 2.02. The van der Waals surface area contributed by atoms with Gasteiger partial charge in [0.05, 0.1) is 0 Å². The molecule has 0 saturated carbocycles. The lowest BCUT2D eigenvalue weighted by Crippen LogP contribution is -2.38. The number of nitrogens with zero attached hydrogens (tertiary/aromatic N) is 2. The number of H-pyrrole nitrogens is 1. The molecule has 0 spiro atoms. The summed E-state index contributed by atoms with van der Waals surface area (Å²) in [6, 6.07) is 1.30. The molecule has 0 aliphatic rings. The van der Waals surface area contributed by atoms with Crippen molar-refractivity contribution in [1.82, 2.24) is 9.55 Å². The number of aromatic amines is 1. The van der Waals surface area contributed by atoms with Gasteiger partial charge in [0.2, 0.25) is 0 Å². The Balaban J connectivity index is 3.26. The molecule has 1 rings (SSSR count). The number of hydrogen-bond donors (Lipinski definition) is 2. The number of hydrazine groups is 1. The Morgan fingerprint density at radius 2 is 2.21 bits per heavy atom. The fourth-order valence-corrected chi connectivity index (χ4v) is 1.13. The largest absolute Gasteiger partial charge is 0.329 e. The van der Waals surface area contributed by atoms with Crippen LogP contribution in [0.25, 0.3) is 0 Å². The molecule has 6 heteroatoms. The standard InChI is InChI=1S/C8H14N4O2/c1-3-4-12-7(13)5-6(11(2)9)10-8(12)14/h5H,3-4,9H2,1-2H3,(H,10,14). The quantitative estimate of drug-likeness (QED) is 0.494. The second kappa shape index (κ2) is 4.10. The van der Waals surface area contributed by atoms with Crippen molar-refractivity contribution in [2.75, 3.05) is 12.1 Å². The molecular formula is C8H14N4O2. The maximum atomic E-state index is 11.4. The van der Waals surface area contributed by atoms with Gasteiger partial charge in [0, 0.05) is 19.7 Å². The third-order valence-electron chi connectivity index (χ3n) is 1.83. The summed E-state index contributed by atoms with van der Waals surface area (Å²) in [5, 5.41) is 1.19. The smallest absolute Gasteiger partial charge is 0.299 e. The van der Waals surface area contributed by atoms with Crippen LogP contribution < -0.4 is 22.1 Å². The van der Waals surface area contributed by atoms with Crippen LogP contribution in [0.1, 0.15) is 13.3 Å². The van der Waals surface area contributed by atoms with Crippen molar-refractivity contribution in [3.63, 3.8) is 0 Å². The molecule has 14 heavy (non-hydrogen) atoms. The van der Waals surface area contributed by atoms with Gasteiger partial charge < -0.3 is 0 Å². The van der Waals surface area contributed by atoms with Gasteiger partial charge in [-0.15, -0.1) is 0 Å². The van der Waals surface area contributed by atoms with Crippen molar-refractivity contribution in [2.45, 2.75) is 19.9 Å². The lowest BCUT2D eigenvalue weighted by molar-refractivity contribution is 0.614. The molecule has 0 amide bonds. The monoisotopic (exact) mass is 198 g/mol. The molecule has 3 N–H and O–H groups in total. The Morgan fingerprint density at radius 1 is 1.57 bits per heavy atom. The van der Waals surface area contributed by atoms with Crippen LogP contribution in [-0.2, 0) is 6.54 Å². The Morgan fingerprint density at radius 3 is 2.64 bits per heavy atom. The van der Waals surface area contributed by atoms with Gasteiger partial charge in [-0.1, -0.05) is 6.92 Å². The van der Waals surface area contributed by atoms with Crippen molar-refractivity contribution in [1.29, 1.82) is 0 Å². The number of nitrogens with two attached hydrogens (primary N) is 1. The molecule has 0 aliphatic carbocycles. The Labute approximate surface area is 80.9 Å². The van der Waals surface area contributed by atoms with Crippen molar-refractivity contribution in [3.8, 4) is 0 Å². The minimum atomic E-state index is -0.424. The van der Waals surface area contributed by atoms with Gasteiger partial charge in [-0.25, -0.2) is 10.6 Å². The molecule has 0 fully saturated rings. The molecular weight excluding hydrogens is 184 g/mol. The molecule has 1 aromatic heterocycles. The van der Waals surface area contributed by atoms with Crippen LogP contribution in [0.5, 0.6) is 0 Å². The summed E-state index contributed by atoms with van der Waals surface area (Å²) < 4.78 is 1.15. The van der Waals surface area contributed by atoms with E-state index in [1.54, 1.807) is 7.05 Å². The molecule has 0 aromatic carbocycles. The third-order valence-corrected chi connectivity index (χ3v) is 1.83. The predicted molar refractivity (Wildman–Crippen MR) is 54.2 cm³/mol. The molecule has 0 unspecified atom stereocenters. The van der Waals surface area contributed by atoms with Gasteiger partial charge in [0.15, 0.2) is 0 Å². The molecule has 78 valence electrons. The molecule has 1 heterocycles. The lowest BCUT2D eigenvalue weighted by Gasteiger charge is -2.11. The Kier molecular flexibility index (Phi) is 3.08. The van der Waals surface area contributed by atoms with Gasteiger partial charge >= 0.3 is 5.69 Å². The van der Waals surface area contributed by atoms with Crippen molar-refractivity contribution >= 4 is 5.82 Å². The van der Waals surface area contributed by atoms with E-state index in [-0.39, 0.29) is 5.56 Å². The van der Waals surface area contributed by atoms with Crippen LogP contribution in [0.3, 0.4) is 0 Å². The molecule has 1 aromatic rings. The van der Waals surface area contributed by atoms with Crippen LogP contribution in [0.4, 0.5) is 5.82 Å². The summed E-state index contributed by atoms with van der Waals surface area (Å²) in [6.07, 6.45) is 0.737. The van der Waals surface area contributed by atoms with Crippen molar-refractivity contribution in [3.05, 3.63) is 26.9 Å². The Hall–Kier alpha value is -1.56. The average Bonchev–Trinajstić information content (AvgIpc) is 2.10. The summed E-state index contributed by atoms with van der Waals surface area (Å²) in [6.45, 7) is 2.32. The lowest BCUT2D eigenvalue weighted by atomic mass is 10.4. The molecule has 0 saturated heterocycles. The number of rotatable bonds is 3. The van der Waals surface area contributed by atoms with Gasteiger partial charge in [-0.05, 0) is 6.42 Å². The topological polar surface area (TPSA) is 84.1 Å². The summed E-state index contributed by atoms with van der Waals surface area (Å²) in [5.41, 5.74) is -0.755. The van der Waals surface area contributed by atoms with Gasteiger partial charge in [-0.3, -0.25) is 19.4 Å². The average molecular weight is 198 g/mol. The van der Waals surface area contributed by atoms with Gasteiger partial charge in [0.25, 0.3) is 5.56 Å². The maximum absolute atomic E-state index is 11.4. The van der Waals surface area contributed by atoms with E-state index >= 15 is 0 Å². The predicted octanol–water partition coefficient (Wildman–Crippen LogP) is -0.743. The maximum Gasteiger partial charge on any atom is 0.329 e. The second-order valence-electron chi connectivity index (χ2n) is 3.06. The zero-order valence-electron chi connectivity index (χ0n) is 8.28. The number of aromatic nitrogens is 2. The first kappa shape index (κ1) is 10.5. The zero-order chi connectivity index (χ0) is 10.7.